The van der Waals surface area contributed by atoms with Gasteiger partial charge in [-0.2, -0.15) is 0 Å². The third-order valence-corrected chi connectivity index (χ3v) is 3.32. The molecule has 136 valence electrons. The highest BCUT2D eigenvalue weighted by Crippen LogP contribution is 2.30. The van der Waals surface area contributed by atoms with Crippen molar-refractivity contribution in [3.63, 3.8) is 0 Å². The maximum atomic E-state index is 11.5. The molecule has 0 bridgehead atoms. The Morgan fingerprint density at radius 2 is 1.56 bits per heavy atom. The summed E-state index contributed by atoms with van der Waals surface area (Å²) in [5.74, 6) is 0.252. The fourth-order valence-corrected chi connectivity index (χ4v) is 2.09. The number of hydrogen-bond acceptors (Lipinski definition) is 10. The van der Waals surface area contributed by atoms with Crippen LogP contribution in [0.25, 0.3) is 0 Å². The van der Waals surface area contributed by atoms with Crippen LogP contribution in [0.15, 0.2) is 55.0 Å². The molecule has 3 rings (SSSR count). The number of hydrogen-bond donors (Lipinski definition) is 3. The van der Waals surface area contributed by atoms with Crippen molar-refractivity contribution in [2.45, 2.75) is 0 Å². The van der Waals surface area contributed by atoms with E-state index in [1.54, 1.807) is 18.2 Å². The zero-order chi connectivity index (χ0) is 19.2. The average molecular weight is 368 g/mol. The van der Waals surface area contributed by atoms with E-state index in [0.29, 0.717) is 11.5 Å². The number of anilines is 4. The van der Waals surface area contributed by atoms with Gasteiger partial charge < -0.3 is 5.32 Å². The second kappa shape index (κ2) is 7.69. The van der Waals surface area contributed by atoms with Gasteiger partial charge in [0.2, 0.25) is 11.6 Å². The van der Waals surface area contributed by atoms with Gasteiger partial charge in [0.15, 0.2) is 0 Å². The van der Waals surface area contributed by atoms with Gasteiger partial charge in [-0.25, -0.2) is 15.0 Å². The highest BCUT2D eigenvalue weighted by Gasteiger charge is 2.23. The number of nitro benzene ring substituents is 1. The van der Waals surface area contributed by atoms with Crippen LogP contribution in [0.4, 0.5) is 34.5 Å². The first kappa shape index (κ1) is 17.5. The van der Waals surface area contributed by atoms with Crippen LogP contribution in [0.3, 0.4) is 0 Å². The number of nitrogens with zero attached hydrogens (tertiary/aromatic N) is 5. The Kier molecular flexibility index (Phi) is 4.98. The molecule has 3 N–H and O–H groups in total. The van der Waals surface area contributed by atoms with Gasteiger partial charge in [0.25, 0.3) is 5.69 Å². The Morgan fingerprint density at radius 3 is 2.19 bits per heavy atom. The predicted molar refractivity (Wildman–Crippen MR) is 96.5 cm³/mol. The molecule has 0 fully saturated rings. The van der Waals surface area contributed by atoms with E-state index in [0.717, 1.165) is 6.33 Å². The third kappa shape index (κ3) is 4.19. The van der Waals surface area contributed by atoms with E-state index >= 15 is 0 Å². The zero-order valence-corrected chi connectivity index (χ0v) is 13.6. The molecule has 0 aliphatic rings. The Bertz CT molecular complexity index is 965. The Labute approximate surface area is 151 Å². The van der Waals surface area contributed by atoms with Gasteiger partial charge in [0.1, 0.15) is 12.1 Å². The third-order valence-electron chi connectivity index (χ3n) is 3.32. The predicted octanol–water partition coefficient (Wildman–Crippen LogP) is 2.87. The van der Waals surface area contributed by atoms with Gasteiger partial charge in [0.05, 0.1) is 15.5 Å². The largest absolute Gasteiger partial charge is 0.355 e. The van der Waals surface area contributed by atoms with Crippen LogP contribution < -0.4 is 16.2 Å². The van der Waals surface area contributed by atoms with Gasteiger partial charge in [-0.3, -0.25) is 31.1 Å². The summed E-state index contributed by atoms with van der Waals surface area (Å²) in [6.07, 6.45) is 2.68. The maximum Gasteiger partial charge on any atom is 0.355 e. The van der Waals surface area contributed by atoms with Crippen molar-refractivity contribution in [2.75, 3.05) is 16.2 Å². The van der Waals surface area contributed by atoms with E-state index in [-0.39, 0.29) is 17.3 Å². The van der Waals surface area contributed by atoms with E-state index in [2.05, 4.69) is 31.1 Å². The van der Waals surface area contributed by atoms with Crippen LogP contribution >= 0.6 is 0 Å². The van der Waals surface area contributed by atoms with Crippen molar-refractivity contribution >= 4 is 34.5 Å². The van der Waals surface area contributed by atoms with Crippen LogP contribution in [0.5, 0.6) is 0 Å². The van der Waals surface area contributed by atoms with Gasteiger partial charge >= 0.3 is 5.69 Å². The summed E-state index contributed by atoms with van der Waals surface area (Å²) < 4.78 is 0. The Hall–Kier alpha value is -4.35. The summed E-state index contributed by atoms with van der Waals surface area (Å²) in [4.78, 5) is 32.8. The molecule has 0 aliphatic carbocycles. The highest BCUT2D eigenvalue weighted by molar-refractivity contribution is 5.73. The van der Waals surface area contributed by atoms with Crippen LogP contribution in [-0.2, 0) is 0 Å². The topological polar surface area (TPSA) is 161 Å². The van der Waals surface area contributed by atoms with Crippen molar-refractivity contribution in [3.8, 4) is 0 Å². The fourth-order valence-electron chi connectivity index (χ4n) is 2.09. The van der Waals surface area contributed by atoms with Gasteiger partial charge in [-0.05, 0) is 24.3 Å². The number of aromatic nitrogens is 3. The van der Waals surface area contributed by atoms with Gasteiger partial charge in [0, 0.05) is 18.3 Å². The molecule has 0 amide bonds. The van der Waals surface area contributed by atoms with Crippen molar-refractivity contribution < 1.29 is 9.85 Å². The Morgan fingerprint density at radius 1 is 0.815 bits per heavy atom. The molecule has 0 aliphatic heterocycles. The van der Waals surface area contributed by atoms with Crippen molar-refractivity contribution in [2.24, 2.45) is 0 Å². The molecule has 1 aromatic carbocycles. The molecule has 0 saturated heterocycles. The maximum absolute atomic E-state index is 11.5. The minimum atomic E-state index is -0.634. The van der Waals surface area contributed by atoms with Crippen LogP contribution in [0.2, 0.25) is 0 Å². The highest BCUT2D eigenvalue weighted by atomic mass is 16.6. The van der Waals surface area contributed by atoms with Crippen LogP contribution in [0, 0.1) is 20.2 Å². The number of nitrogens with one attached hydrogen (secondary N) is 3. The van der Waals surface area contributed by atoms with Gasteiger partial charge in [-0.15, -0.1) is 0 Å². The summed E-state index contributed by atoms with van der Waals surface area (Å²) in [5, 5.41) is 24.9. The number of pyridine rings is 1. The molecule has 2 heterocycles. The number of hydrazine groups is 1. The first-order valence-electron chi connectivity index (χ1n) is 7.48. The lowest BCUT2D eigenvalue weighted by Crippen LogP contribution is -2.13. The minimum absolute atomic E-state index is 0.0401. The number of rotatable bonds is 7. The lowest BCUT2D eigenvalue weighted by Gasteiger charge is -2.11. The molecule has 12 heteroatoms. The Balaban J connectivity index is 1.81. The van der Waals surface area contributed by atoms with E-state index in [9.17, 15) is 20.2 Å². The SMILES string of the molecule is O=[N+]([O-])c1ccc(NNc2ncnc(Nc3ccccn3)c2[N+](=O)[O-])cc1. The molecular weight excluding hydrogens is 356 g/mol. The first-order chi connectivity index (χ1) is 13.0. The number of non-ortho nitro benzene ring substituents is 1. The van der Waals surface area contributed by atoms with Crippen molar-refractivity contribution in [3.05, 3.63) is 75.2 Å². The molecule has 0 atom stereocenters. The summed E-state index contributed by atoms with van der Waals surface area (Å²) in [7, 11) is 0. The molecule has 0 radical (unpaired) electrons. The lowest BCUT2D eigenvalue weighted by atomic mass is 10.3. The molecule has 12 nitrogen and oxygen atoms in total. The average Bonchev–Trinajstić information content (AvgIpc) is 2.67. The van der Waals surface area contributed by atoms with Gasteiger partial charge in [-0.1, -0.05) is 6.07 Å². The standard InChI is InChI=1S/C15H12N8O4/c24-22(25)11-6-4-10(5-7-11)20-21-15-13(23(26)27)14(17-9-18-15)19-12-3-1-2-8-16-12/h1-9,20H,(H2,16,17,18,19,21). The quantitative estimate of drug-likeness (QED) is 0.417. The van der Waals surface area contributed by atoms with Crippen molar-refractivity contribution in [1.82, 2.24) is 15.0 Å². The summed E-state index contributed by atoms with van der Waals surface area (Å²) in [6.45, 7) is 0. The molecule has 0 saturated carbocycles. The molecule has 3 aromatic rings. The summed E-state index contributed by atoms with van der Waals surface area (Å²) in [6, 6.07) is 10.6. The molecule has 2 aromatic heterocycles. The van der Waals surface area contributed by atoms with Crippen molar-refractivity contribution in [1.29, 1.82) is 0 Å². The second-order valence-electron chi connectivity index (χ2n) is 5.07. The smallest absolute Gasteiger partial charge is 0.319 e. The van der Waals surface area contributed by atoms with Crippen LogP contribution in [-0.4, -0.2) is 24.8 Å². The minimum Gasteiger partial charge on any atom is -0.319 e. The molecule has 27 heavy (non-hydrogen) atoms. The fraction of sp³-hybridized carbons (Fsp3) is 0. The second-order valence-corrected chi connectivity index (χ2v) is 5.07. The normalized spacial score (nSPS) is 10.1. The molecule has 0 spiro atoms. The van der Waals surface area contributed by atoms with E-state index < -0.39 is 15.5 Å². The summed E-state index contributed by atoms with van der Waals surface area (Å²) in [5.41, 5.74) is 5.30. The monoisotopic (exact) mass is 368 g/mol. The summed E-state index contributed by atoms with van der Waals surface area (Å²) >= 11 is 0. The van der Waals surface area contributed by atoms with E-state index in [1.807, 2.05) is 0 Å². The number of benzene rings is 1. The lowest BCUT2D eigenvalue weighted by molar-refractivity contribution is -0.384. The number of nitro groups is 2. The zero-order valence-electron chi connectivity index (χ0n) is 13.6. The van der Waals surface area contributed by atoms with Crippen LogP contribution in [0.1, 0.15) is 0 Å². The molecule has 0 unspecified atom stereocenters. The first-order valence-corrected chi connectivity index (χ1v) is 7.48. The van der Waals surface area contributed by atoms with E-state index in [4.69, 9.17) is 0 Å². The molecular formula is C15H12N8O4. The van der Waals surface area contributed by atoms with E-state index in [1.165, 1.54) is 30.5 Å².